The van der Waals surface area contributed by atoms with Gasteiger partial charge in [-0.05, 0) is 0 Å². The van der Waals surface area contributed by atoms with E-state index in [-0.39, 0.29) is 92.4 Å². The molecule has 0 aliphatic carbocycles. The molecule has 3 aliphatic rings. The van der Waals surface area contributed by atoms with Gasteiger partial charge in [0, 0.05) is 90.0 Å². The first-order chi connectivity index (χ1) is 20.5. The summed E-state index contributed by atoms with van der Waals surface area (Å²) >= 11 is 9.54. The van der Waals surface area contributed by atoms with Crippen molar-refractivity contribution in [2.24, 2.45) is 0 Å². The van der Waals surface area contributed by atoms with E-state index in [9.17, 15) is 38.4 Å². The molecule has 3 rings (SSSR count). The van der Waals surface area contributed by atoms with Crippen LogP contribution in [0.1, 0.15) is 38.5 Å². The van der Waals surface area contributed by atoms with Gasteiger partial charge >= 0.3 is 62.8 Å². The van der Waals surface area contributed by atoms with E-state index in [1.54, 1.807) is 7.11 Å². The normalized spacial score (nSPS) is 15.0. The van der Waals surface area contributed by atoms with Gasteiger partial charge in [-0.3, -0.25) is 43.3 Å². The molecule has 0 aromatic carbocycles. The molecule has 3 heterocycles. The van der Waals surface area contributed by atoms with E-state index in [2.05, 4.69) is 103 Å². The van der Waals surface area contributed by atoms with Crippen molar-refractivity contribution < 1.29 is 85.4 Å². The van der Waals surface area contributed by atoms with Gasteiger partial charge in [0.1, 0.15) is 6.61 Å². The number of rotatable bonds is 8. The zero-order chi connectivity index (χ0) is 33.4. The second kappa shape index (κ2) is 30.5. The Morgan fingerprint density at radius 1 is 0.636 bits per heavy atom. The number of ether oxygens (including phenoxy) is 3. The van der Waals surface area contributed by atoms with E-state index in [0.717, 1.165) is 0 Å². The quantitative estimate of drug-likeness (QED) is 0.145. The maximum absolute atomic E-state index is 11.2. The average molecular weight is 1310 g/mol. The number of aliphatic hydroxyl groups is 1. The van der Waals surface area contributed by atoms with Crippen LogP contribution in [0.25, 0.3) is 0 Å². The largest absolute Gasteiger partial charge is 0.560 e. The Kier molecular flexibility index (Phi) is 33.8. The van der Waals surface area contributed by atoms with Crippen LogP contribution in [0.5, 0.6) is 0 Å². The summed E-state index contributed by atoms with van der Waals surface area (Å²) < 4.78 is 13.6. The zero-order valence-corrected chi connectivity index (χ0v) is 36.0. The van der Waals surface area contributed by atoms with E-state index < -0.39 is 47.8 Å². The van der Waals surface area contributed by atoms with Crippen LogP contribution in [0.3, 0.4) is 0 Å². The van der Waals surface area contributed by atoms with Gasteiger partial charge < -0.3 is 19.3 Å². The number of nitrogens with zero attached hydrogens (tertiary/aromatic N) is 3. The molecule has 1 N–H and O–H groups in total. The Bertz CT molecular complexity index is 872. The SMILES string of the molecule is COCCO.COCCOC(=O)ON1C(=O)CCC1=O.I.II.I[I-]I.O=C(ON1C(=O)CCC1=O)ON1C(=O)CCC1=O. The molecule has 18 nitrogen and oxygen atoms in total. The third kappa shape index (κ3) is 21.2. The molecule has 3 aliphatic heterocycles. The summed E-state index contributed by atoms with van der Waals surface area (Å²) in [5.41, 5.74) is 0. The summed E-state index contributed by atoms with van der Waals surface area (Å²) in [5.74, 6) is -3.81. The van der Waals surface area contributed by atoms with Crippen molar-refractivity contribution in [1.82, 2.24) is 15.2 Å². The van der Waals surface area contributed by atoms with Crippen molar-refractivity contribution >= 4 is 146 Å². The van der Waals surface area contributed by atoms with Gasteiger partial charge in [0.15, 0.2) is 0 Å². The summed E-state index contributed by atoms with van der Waals surface area (Å²) in [6, 6.07) is 0. The van der Waals surface area contributed by atoms with Gasteiger partial charge in [0.25, 0.3) is 35.4 Å². The van der Waals surface area contributed by atoms with Crippen molar-refractivity contribution in [2.75, 3.05) is 40.6 Å². The van der Waals surface area contributed by atoms with Gasteiger partial charge in [-0.15, -0.1) is 24.0 Å². The van der Waals surface area contributed by atoms with Gasteiger partial charge in [0.2, 0.25) is 0 Å². The van der Waals surface area contributed by atoms with Crippen LogP contribution in [0.2, 0.25) is 0 Å². The fourth-order valence-electron chi connectivity index (χ4n) is 2.54. The summed E-state index contributed by atoms with van der Waals surface area (Å²) in [6.45, 7) is 0.791. The zero-order valence-electron chi connectivity index (χ0n) is 22.9. The van der Waals surface area contributed by atoms with Gasteiger partial charge in [-0.2, -0.15) is 4.79 Å². The maximum atomic E-state index is 11.2. The number of aliphatic hydroxyl groups excluding tert-OH is 1. The molecule has 44 heavy (non-hydrogen) atoms. The molecule has 0 aromatic rings. The summed E-state index contributed by atoms with van der Waals surface area (Å²) in [7, 11) is 3.00. The van der Waals surface area contributed by atoms with E-state index in [1.807, 2.05) is 0 Å². The number of carbonyl (C=O) groups is 8. The summed E-state index contributed by atoms with van der Waals surface area (Å²) in [4.78, 5) is 102. The predicted octanol–water partition coefficient (Wildman–Crippen LogP) is -0.0925. The fourth-order valence-corrected chi connectivity index (χ4v) is 2.54. The van der Waals surface area contributed by atoms with Crippen molar-refractivity contribution in [1.29, 1.82) is 0 Å². The molecule has 0 spiro atoms. The molecule has 0 aromatic heterocycles. The molecule has 0 atom stereocenters. The number of methoxy groups -OCH3 is 2. The van der Waals surface area contributed by atoms with Crippen molar-refractivity contribution in [3.63, 3.8) is 0 Å². The number of amides is 6. The number of halogens is 6. The molecule has 256 valence electrons. The molecule has 3 saturated heterocycles. The molecular weight excluding hydrogens is 1280 g/mol. The minimum absolute atomic E-state index is 0. The third-order valence-corrected chi connectivity index (χ3v) is 4.32. The van der Waals surface area contributed by atoms with Crippen LogP contribution < -0.4 is 13.3 Å². The van der Waals surface area contributed by atoms with Crippen LogP contribution in [-0.4, -0.2) is 109 Å². The fraction of sp³-hybridized carbons (Fsp3) is 0.600. The van der Waals surface area contributed by atoms with Crippen molar-refractivity contribution in [2.45, 2.75) is 38.5 Å². The molecule has 6 amide bonds. The Balaban J connectivity index is -0.000000583. The van der Waals surface area contributed by atoms with E-state index >= 15 is 0 Å². The standard InChI is InChI=1S/C9H8N2O7.C8H11NO6.C3H8O2.I3.I2.HI/c12-5-1-2-6(13)10(5)17-9(16)18-11-7(14)3-4-8(11)15;1-13-4-5-14-8(12)15-9-6(10)2-3-7(9)11;1-5-3-2-4;1-3-2;1-2;/h1-4H2;2-5H2,1H3;4H,2-3H2,1H3;;;1H/q;;;-1;;. The molecular formula is C20H28I6N3O15-. The summed E-state index contributed by atoms with van der Waals surface area (Å²) in [5, 5.41) is 8.88. The van der Waals surface area contributed by atoms with Crippen LogP contribution in [0.15, 0.2) is 0 Å². The number of hydrogen-bond acceptors (Lipinski definition) is 15. The van der Waals surface area contributed by atoms with E-state index in [0.29, 0.717) is 24.9 Å². The van der Waals surface area contributed by atoms with Gasteiger partial charge in [-0.1, -0.05) is 15.2 Å². The Morgan fingerprint density at radius 3 is 1.14 bits per heavy atom. The van der Waals surface area contributed by atoms with E-state index in [4.69, 9.17) is 5.11 Å². The first-order valence-corrected chi connectivity index (χ1v) is 30.2. The minimum atomic E-state index is -1.48. The first kappa shape index (κ1) is 48.6. The predicted molar refractivity (Wildman–Crippen MR) is 186 cm³/mol. The molecule has 0 radical (unpaired) electrons. The van der Waals surface area contributed by atoms with E-state index in [1.165, 1.54) is 7.11 Å². The third-order valence-electron chi connectivity index (χ3n) is 4.32. The van der Waals surface area contributed by atoms with Crippen LogP contribution in [-0.2, 0) is 57.5 Å². The average Bonchev–Trinajstić information content (AvgIpc) is 3.59. The number of hydroxylamine groups is 6. The molecule has 24 heteroatoms. The Labute approximate surface area is 321 Å². The monoisotopic (exact) mass is 1310 g/mol. The Hall–Kier alpha value is 0.220. The molecule has 3 fully saturated rings. The number of hydrogen-bond donors (Lipinski definition) is 1. The van der Waals surface area contributed by atoms with Crippen LogP contribution in [0.4, 0.5) is 9.59 Å². The maximum Gasteiger partial charge on any atom is 0.560 e. The first-order valence-electron chi connectivity index (χ1n) is 11.4. The van der Waals surface area contributed by atoms with Gasteiger partial charge in [-0.25, -0.2) is 4.79 Å². The number of imide groups is 3. The summed E-state index contributed by atoms with van der Waals surface area (Å²) in [6.07, 6.45) is -2.70. The van der Waals surface area contributed by atoms with Gasteiger partial charge in [0.05, 0.1) is 19.8 Å². The molecule has 0 saturated carbocycles. The second-order valence-electron chi connectivity index (χ2n) is 7.13. The number of carbonyl (C=O) groups excluding carboxylic acids is 8. The smallest absolute Gasteiger partial charge is 0.293 e. The van der Waals surface area contributed by atoms with Crippen LogP contribution in [0, 0.1) is 0 Å². The van der Waals surface area contributed by atoms with Crippen molar-refractivity contribution in [3.8, 4) is 0 Å². The molecule has 0 unspecified atom stereocenters. The van der Waals surface area contributed by atoms with Crippen LogP contribution >= 0.6 is 98.4 Å². The topological polar surface area (TPSA) is 222 Å². The minimum Gasteiger partial charge on any atom is -0.293 e. The molecule has 0 bridgehead atoms. The van der Waals surface area contributed by atoms with Crippen molar-refractivity contribution in [3.05, 3.63) is 0 Å². The second-order valence-corrected chi connectivity index (χ2v) is 23.4. The Morgan fingerprint density at radius 2 is 0.909 bits per heavy atom.